The number of hydrogen-bond donors (Lipinski definition) is 1. The van der Waals surface area contributed by atoms with Crippen LogP contribution in [-0.4, -0.2) is 21.8 Å². The van der Waals surface area contributed by atoms with Gasteiger partial charge in [0.25, 0.3) is 5.91 Å². The third kappa shape index (κ3) is 4.77. The predicted molar refractivity (Wildman–Crippen MR) is 103 cm³/mol. The molecule has 1 aromatic heterocycles. The number of carbonyl (C=O) groups excluding carboxylic acids is 1. The highest BCUT2D eigenvalue weighted by molar-refractivity contribution is 6.05. The summed E-state index contributed by atoms with van der Waals surface area (Å²) in [6, 6.07) is 12.8. The first-order chi connectivity index (χ1) is 13.6. The molecule has 0 bridgehead atoms. The molecule has 0 fully saturated rings. The summed E-state index contributed by atoms with van der Waals surface area (Å²) < 4.78 is 47.4. The fraction of sp³-hybridized carbons (Fsp3) is 0.238. The third-order valence-corrected chi connectivity index (χ3v) is 4.04. The topological polar surface area (TPSA) is 56.2 Å². The van der Waals surface area contributed by atoms with Crippen LogP contribution in [0.3, 0.4) is 0 Å². The average Bonchev–Trinajstić information content (AvgIpc) is 3.09. The number of anilines is 1. The largest absolute Gasteiger partial charge is 0.491 e. The number of ether oxygens (including phenoxy) is 1. The number of amides is 1. The van der Waals surface area contributed by atoms with Crippen LogP contribution < -0.4 is 10.1 Å². The smallest absolute Gasteiger partial charge is 0.434 e. The summed E-state index contributed by atoms with van der Waals surface area (Å²) in [5, 5.41) is 6.29. The predicted octanol–water partition coefficient (Wildman–Crippen LogP) is 5.24. The minimum Gasteiger partial charge on any atom is -0.491 e. The Morgan fingerprint density at radius 1 is 1.07 bits per heavy atom. The highest BCUT2D eigenvalue weighted by atomic mass is 19.4. The Morgan fingerprint density at radius 3 is 2.24 bits per heavy atom. The number of nitrogens with one attached hydrogen (secondary N) is 1. The lowest BCUT2D eigenvalue weighted by atomic mass is 10.2. The second-order valence-electron chi connectivity index (χ2n) is 6.80. The van der Waals surface area contributed by atoms with Gasteiger partial charge < -0.3 is 10.1 Å². The van der Waals surface area contributed by atoms with Crippen molar-refractivity contribution < 1.29 is 22.7 Å². The molecule has 0 spiro atoms. The van der Waals surface area contributed by atoms with Gasteiger partial charge in [0.2, 0.25) is 0 Å². The molecule has 1 heterocycles. The van der Waals surface area contributed by atoms with Gasteiger partial charge in [0.15, 0.2) is 5.69 Å². The van der Waals surface area contributed by atoms with Crippen molar-refractivity contribution in [3.8, 4) is 11.4 Å². The number of halogens is 3. The monoisotopic (exact) mass is 403 g/mol. The minimum atomic E-state index is -4.76. The molecule has 0 saturated carbocycles. The van der Waals surface area contributed by atoms with E-state index in [0.29, 0.717) is 11.4 Å². The number of aromatic nitrogens is 2. The third-order valence-electron chi connectivity index (χ3n) is 4.04. The quantitative estimate of drug-likeness (QED) is 0.634. The average molecular weight is 403 g/mol. The molecule has 0 radical (unpaired) electrons. The Kier molecular flexibility index (Phi) is 5.63. The van der Waals surface area contributed by atoms with Gasteiger partial charge in [-0.25, -0.2) is 4.68 Å². The Bertz CT molecular complexity index is 992. The van der Waals surface area contributed by atoms with Gasteiger partial charge in [0.1, 0.15) is 5.75 Å². The van der Waals surface area contributed by atoms with Crippen molar-refractivity contribution >= 4 is 11.6 Å². The zero-order valence-corrected chi connectivity index (χ0v) is 16.1. The molecule has 0 aliphatic heterocycles. The van der Waals surface area contributed by atoms with Crippen LogP contribution >= 0.6 is 0 Å². The lowest BCUT2D eigenvalue weighted by Crippen LogP contribution is -2.20. The van der Waals surface area contributed by atoms with E-state index >= 15 is 0 Å². The van der Waals surface area contributed by atoms with Crippen LogP contribution in [0.2, 0.25) is 0 Å². The molecule has 0 unspecified atom stereocenters. The Hall–Kier alpha value is -3.29. The summed E-state index contributed by atoms with van der Waals surface area (Å²) >= 11 is 0. The number of rotatable bonds is 5. The van der Waals surface area contributed by atoms with Crippen molar-refractivity contribution in [1.82, 2.24) is 9.78 Å². The molecule has 3 aromatic rings. The highest BCUT2D eigenvalue weighted by Gasteiger charge is 2.40. The first-order valence-electron chi connectivity index (χ1n) is 8.95. The molecule has 0 aliphatic rings. The first kappa shape index (κ1) is 20.4. The molecule has 2 aromatic carbocycles. The van der Waals surface area contributed by atoms with Crippen molar-refractivity contribution in [2.24, 2.45) is 0 Å². The number of hydrogen-bond acceptors (Lipinski definition) is 3. The summed E-state index contributed by atoms with van der Waals surface area (Å²) in [6.07, 6.45) is -3.85. The van der Waals surface area contributed by atoms with E-state index in [1.54, 1.807) is 36.4 Å². The fourth-order valence-electron chi connectivity index (χ4n) is 2.76. The Balaban J connectivity index is 1.90. The van der Waals surface area contributed by atoms with Crippen LogP contribution in [0.15, 0.2) is 54.7 Å². The summed E-state index contributed by atoms with van der Waals surface area (Å²) in [5.41, 5.74) is -0.212. The van der Waals surface area contributed by atoms with Crippen LogP contribution in [0, 0.1) is 6.92 Å². The summed E-state index contributed by atoms with van der Waals surface area (Å²) in [5.74, 6) is -0.297. The van der Waals surface area contributed by atoms with Gasteiger partial charge >= 0.3 is 6.18 Å². The van der Waals surface area contributed by atoms with E-state index < -0.39 is 23.3 Å². The van der Waals surface area contributed by atoms with E-state index in [1.807, 2.05) is 20.8 Å². The molecule has 3 rings (SSSR count). The van der Waals surface area contributed by atoms with E-state index in [0.717, 1.165) is 16.4 Å². The van der Waals surface area contributed by atoms with Gasteiger partial charge in [-0.3, -0.25) is 4.79 Å². The van der Waals surface area contributed by atoms with Gasteiger partial charge in [-0.2, -0.15) is 18.3 Å². The highest BCUT2D eigenvalue weighted by Crippen LogP contribution is 2.34. The molecule has 8 heteroatoms. The fourth-order valence-corrected chi connectivity index (χ4v) is 2.76. The van der Waals surface area contributed by atoms with E-state index in [1.165, 1.54) is 12.1 Å². The molecule has 0 atom stereocenters. The molecular weight excluding hydrogens is 383 g/mol. The standard InChI is InChI=1S/C21H20F3N3O2/c1-13(2)29-17-10-6-15(7-11-17)26-20(28)18-12-25-27(19(18)21(22,23)24)16-8-4-14(3)5-9-16/h4-13H,1-3H3,(H,26,28). The van der Waals surface area contributed by atoms with Gasteiger partial charge in [-0.1, -0.05) is 17.7 Å². The summed E-state index contributed by atoms with van der Waals surface area (Å²) in [4.78, 5) is 12.5. The molecule has 0 aliphatic carbocycles. The van der Waals surface area contributed by atoms with Gasteiger partial charge in [-0.15, -0.1) is 0 Å². The van der Waals surface area contributed by atoms with E-state index in [4.69, 9.17) is 4.74 Å². The van der Waals surface area contributed by atoms with Gasteiger partial charge in [-0.05, 0) is 57.2 Å². The van der Waals surface area contributed by atoms with Crippen LogP contribution in [0.1, 0.15) is 35.5 Å². The van der Waals surface area contributed by atoms with Crippen molar-refractivity contribution in [1.29, 1.82) is 0 Å². The molecule has 0 saturated heterocycles. The second-order valence-corrected chi connectivity index (χ2v) is 6.80. The van der Waals surface area contributed by atoms with Crippen LogP contribution in [0.25, 0.3) is 5.69 Å². The minimum absolute atomic E-state index is 0.0163. The van der Waals surface area contributed by atoms with E-state index in [9.17, 15) is 18.0 Å². The van der Waals surface area contributed by atoms with Crippen LogP contribution in [0.4, 0.5) is 18.9 Å². The van der Waals surface area contributed by atoms with Gasteiger partial charge in [0, 0.05) is 5.69 Å². The number of aryl methyl sites for hydroxylation is 1. The summed E-state index contributed by atoms with van der Waals surface area (Å²) in [6.45, 7) is 5.58. The number of nitrogens with zero attached hydrogens (tertiary/aromatic N) is 2. The zero-order chi connectivity index (χ0) is 21.2. The molecule has 1 N–H and O–H groups in total. The van der Waals surface area contributed by atoms with E-state index in [-0.39, 0.29) is 11.8 Å². The van der Waals surface area contributed by atoms with Crippen molar-refractivity contribution in [3.05, 3.63) is 71.5 Å². The Labute approximate surface area is 166 Å². The Morgan fingerprint density at radius 2 is 1.69 bits per heavy atom. The molecular formula is C21H20F3N3O2. The first-order valence-corrected chi connectivity index (χ1v) is 8.95. The van der Waals surface area contributed by atoms with Gasteiger partial charge in [0.05, 0.1) is 23.6 Å². The molecule has 5 nitrogen and oxygen atoms in total. The molecule has 29 heavy (non-hydrogen) atoms. The zero-order valence-electron chi connectivity index (χ0n) is 16.1. The maximum absolute atomic E-state index is 13.7. The normalized spacial score (nSPS) is 11.6. The lowest BCUT2D eigenvalue weighted by Gasteiger charge is -2.13. The number of carbonyl (C=O) groups is 1. The maximum atomic E-state index is 13.7. The van der Waals surface area contributed by atoms with Crippen molar-refractivity contribution in [3.63, 3.8) is 0 Å². The summed E-state index contributed by atoms with van der Waals surface area (Å²) in [7, 11) is 0. The number of alkyl halides is 3. The SMILES string of the molecule is Cc1ccc(-n2ncc(C(=O)Nc3ccc(OC(C)C)cc3)c2C(F)(F)F)cc1. The van der Waals surface area contributed by atoms with Crippen molar-refractivity contribution in [2.75, 3.05) is 5.32 Å². The molecule has 1 amide bonds. The number of benzene rings is 2. The second kappa shape index (κ2) is 7.98. The van der Waals surface area contributed by atoms with E-state index in [2.05, 4.69) is 10.4 Å². The molecule has 152 valence electrons. The van der Waals surface area contributed by atoms with Crippen LogP contribution in [-0.2, 0) is 6.18 Å². The van der Waals surface area contributed by atoms with Crippen molar-refractivity contribution in [2.45, 2.75) is 33.1 Å². The van der Waals surface area contributed by atoms with Crippen LogP contribution in [0.5, 0.6) is 5.75 Å². The lowest BCUT2D eigenvalue weighted by molar-refractivity contribution is -0.143. The maximum Gasteiger partial charge on any atom is 0.434 e.